The minimum Gasteiger partial charge on any atom is -0.383 e. The van der Waals surface area contributed by atoms with Gasteiger partial charge in [0.05, 0.1) is 6.61 Å². The third kappa shape index (κ3) is 3.83. The summed E-state index contributed by atoms with van der Waals surface area (Å²) in [4.78, 5) is 21.5. The Bertz CT molecular complexity index is 666. The van der Waals surface area contributed by atoms with Crippen LogP contribution in [0.1, 0.15) is 17.4 Å². The van der Waals surface area contributed by atoms with Gasteiger partial charge in [0.1, 0.15) is 10.7 Å². The first-order valence-electron chi connectivity index (χ1n) is 8.22. The van der Waals surface area contributed by atoms with Crippen LogP contribution in [0, 0.1) is 0 Å². The maximum absolute atomic E-state index is 12.7. The average molecular weight is 345 g/mol. The number of methoxy groups -OCH3 is 1. The van der Waals surface area contributed by atoms with Gasteiger partial charge in [-0.25, -0.2) is 4.98 Å². The van der Waals surface area contributed by atoms with Crippen LogP contribution in [0.5, 0.6) is 0 Å². The lowest BCUT2D eigenvalue weighted by molar-refractivity contribution is 0.0445. The normalized spacial score (nSPS) is 17.0. The lowest BCUT2D eigenvalue weighted by Gasteiger charge is -2.37. The van der Waals surface area contributed by atoms with Gasteiger partial charge in [-0.2, -0.15) is 0 Å². The highest BCUT2D eigenvalue weighted by Crippen LogP contribution is 2.24. The first-order valence-corrected chi connectivity index (χ1v) is 9.10. The number of hydrogen-bond donors (Lipinski definition) is 0. The zero-order valence-corrected chi connectivity index (χ0v) is 15.0. The molecule has 2 aromatic rings. The highest BCUT2D eigenvalue weighted by Gasteiger charge is 2.26. The van der Waals surface area contributed by atoms with Crippen LogP contribution in [0.25, 0.3) is 10.6 Å². The standard InChI is InChI=1S/C18H23N3O2S/c1-14(12-23-2)20-8-10-21(11-9-20)18(22)16-13-24-17(19-16)15-6-4-3-5-7-15/h3-7,13-14H,8-12H2,1-2H3/t14-/m0/s1. The van der Waals surface area contributed by atoms with Gasteiger partial charge in [-0.1, -0.05) is 30.3 Å². The molecular formula is C18H23N3O2S. The summed E-state index contributed by atoms with van der Waals surface area (Å²) in [5.74, 6) is 0.0347. The van der Waals surface area contributed by atoms with Crippen LogP contribution in [-0.4, -0.2) is 66.6 Å². The van der Waals surface area contributed by atoms with E-state index in [2.05, 4.69) is 16.8 Å². The van der Waals surface area contributed by atoms with E-state index in [4.69, 9.17) is 4.74 Å². The van der Waals surface area contributed by atoms with E-state index in [1.165, 1.54) is 11.3 Å². The zero-order chi connectivity index (χ0) is 16.9. The molecule has 5 nitrogen and oxygen atoms in total. The molecule has 1 saturated heterocycles. The van der Waals surface area contributed by atoms with Gasteiger partial charge in [-0.3, -0.25) is 9.69 Å². The van der Waals surface area contributed by atoms with Crippen LogP contribution in [0.2, 0.25) is 0 Å². The lowest BCUT2D eigenvalue weighted by atomic mass is 10.2. The number of hydrogen-bond acceptors (Lipinski definition) is 5. The van der Waals surface area contributed by atoms with E-state index in [0.717, 1.165) is 43.4 Å². The smallest absolute Gasteiger partial charge is 0.273 e. The predicted molar refractivity (Wildman–Crippen MR) is 96.4 cm³/mol. The Morgan fingerprint density at radius 2 is 1.96 bits per heavy atom. The van der Waals surface area contributed by atoms with E-state index in [9.17, 15) is 4.79 Å². The largest absolute Gasteiger partial charge is 0.383 e. The molecule has 1 fully saturated rings. The van der Waals surface area contributed by atoms with Crippen molar-refractivity contribution < 1.29 is 9.53 Å². The van der Waals surface area contributed by atoms with E-state index < -0.39 is 0 Å². The Balaban J connectivity index is 1.61. The summed E-state index contributed by atoms with van der Waals surface area (Å²) < 4.78 is 5.21. The molecule has 1 aliphatic heterocycles. The average Bonchev–Trinajstić information content (AvgIpc) is 3.12. The van der Waals surface area contributed by atoms with E-state index in [-0.39, 0.29) is 5.91 Å². The van der Waals surface area contributed by atoms with Crippen LogP contribution >= 0.6 is 11.3 Å². The molecule has 24 heavy (non-hydrogen) atoms. The highest BCUT2D eigenvalue weighted by molar-refractivity contribution is 7.13. The molecular weight excluding hydrogens is 322 g/mol. The third-order valence-electron chi connectivity index (χ3n) is 4.38. The summed E-state index contributed by atoms with van der Waals surface area (Å²) >= 11 is 1.52. The Kier molecular flexibility index (Phi) is 5.60. The fourth-order valence-electron chi connectivity index (χ4n) is 2.96. The minimum absolute atomic E-state index is 0.0347. The van der Waals surface area contributed by atoms with Crippen LogP contribution < -0.4 is 0 Å². The zero-order valence-electron chi connectivity index (χ0n) is 14.1. The lowest BCUT2D eigenvalue weighted by Crippen LogP contribution is -2.52. The van der Waals surface area contributed by atoms with Crippen molar-refractivity contribution in [1.82, 2.24) is 14.8 Å². The third-order valence-corrected chi connectivity index (χ3v) is 5.27. The maximum atomic E-state index is 12.7. The molecule has 1 aliphatic rings. The van der Waals surface area contributed by atoms with Crippen molar-refractivity contribution in [1.29, 1.82) is 0 Å². The molecule has 1 aromatic carbocycles. The fraction of sp³-hybridized carbons (Fsp3) is 0.444. The van der Waals surface area contributed by atoms with Gasteiger partial charge < -0.3 is 9.64 Å². The van der Waals surface area contributed by atoms with Gasteiger partial charge in [0.25, 0.3) is 5.91 Å². The van der Waals surface area contributed by atoms with E-state index in [1.54, 1.807) is 7.11 Å². The van der Waals surface area contributed by atoms with Crippen molar-refractivity contribution in [3.05, 3.63) is 41.4 Å². The van der Waals surface area contributed by atoms with Gasteiger partial charge in [-0.15, -0.1) is 11.3 Å². The molecule has 1 atom stereocenters. The Morgan fingerprint density at radius 1 is 1.25 bits per heavy atom. The molecule has 0 radical (unpaired) electrons. The molecule has 1 aromatic heterocycles. The van der Waals surface area contributed by atoms with Crippen LogP contribution in [-0.2, 0) is 4.74 Å². The molecule has 0 bridgehead atoms. The highest BCUT2D eigenvalue weighted by atomic mass is 32.1. The van der Waals surface area contributed by atoms with Crippen molar-refractivity contribution in [3.63, 3.8) is 0 Å². The number of nitrogens with zero attached hydrogens (tertiary/aromatic N) is 3. The van der Waals surface area contributed by atoms with Crippen LogP contribution in [0.4, 0.5) is 0 Å². The molecule has 0 spiro atoms. The summed E-state index contributed by atoms with van der Waals surface area (Å²) in [5, 5.41) is 2.76. The van der Waals surface area contributed by atoms with E-state index in [1.807, 2.05) is 40.6 Å². The Labute approximate surface area is 146 Å². The SMILES string of the molecule is COC[C@H](C)N1CCN(C(=O)c2csc(-c3ccccc3)n2)CC1. The monoisotopic (exact) mass is 345 g/mol. The molecule has 0 aliphatic carbocycles. The van der Waals surface area contributed by atoms with Crippen molar-refractivity contribution in [2.45, 2.75) is 13.0 Å². The summed E-state index contributed by atoms with van der Waals surface area (Å²) in [6.07, 6.45) is 0. The van der Waals surface area contributed by atoms with Gasteiger partial charge in [-0.05, 0) is 6.92 Å². The van der Waals surface area contributed by atoms with Crippen LogP contribution in [0.3, 0.4) is 0 Å². The number of piperazine rings is 1. The molecule has 1 amide bonds. The van der Waals surface area contributed by atoms with Gasteiger partial charge in [0.15, 0.2) is 0 Å². The van der Waals surface area contributed by atoms with Gasteiger partial charge in [0, 0.05) is 50.3 Å². The second-order valence-corrected chi connectivity index (χ2v) is 6.89. The fourth-order valence-corrected chi connectivity index (χ4v) is 3.76. The maximum Gasteiger partial charge on any atom is 0.273 e. The number of aromatic nitrogens is 1. The number of benzene rings is 1. The minimum atomic E-state index is 0.0347. The Morgan fingerprint density at radius 3 is 2.62 bits per heavy atom. The summed E-state index contributed by atoms with van der Waals surface area (Å²) in [6, 6.07) is 10.4. The van der Waals surface area contributed by atoms with E-state index in [0.29, 0.717) is 11.7 Å². The second-order valence-electron chi connectivity index (χ2n) is 6.04. The van der Waals surface area contributed by atoms with Crippen molar-refractivity contribution >= 4 is 17.2 Å². The number of amides is 1. The molecule has 0 N–H and O–H groups in total. The number of ether oxygens (including phenoxy) is 1. The molecule has 3 rings (SSSR count). The summed E-state index contributed by atoms with van der Waals surface area (Å²) in [6.45, 7) is 6.13. The number of carbonyl (C=O) groups is 1. The summed E-state index contributed by atoms with van der Waals surface area (Å²) in [7, 11) is 1.73. The quantitative estimate of drug-likeness (QED) is 0.836. The van der Waals surface area contributed by atoms with Crippen LogP contribution in [0.15, 0.2) is 35.7 Å². The molecule has 0 unspecified atom stereocenters. The van der Waals surface area contributed by atoms with E-state index >= 15 is 0 Å². The molecule has 2 heterocycles. The van der Waals surface area contributed by atoms with Crippen molar-refractivity contribution in [2.24, 2.45) is 0 Å². The number of rotatable bonds is 5. The topological polar surface area (TPSA) is 45.7 Å². The number of carbonyl (C=O) groups excluding carboxylic acids is 1. The van der Waals surface area contributed by atoms with Gasteiger partial charge >= 0.3 is 0 Å². The number of thiazole rings is 1. The predicted octanol–water partition coefficient (Wildman–Crippen LogP) is 2.60. The van der Waals surface area contributed by atoms with Gasteiger partial charge in [0.2, 0.25) is 0 Å². The second kappa shape index (κ2) is 7.88. The first kappa shape index (κ1) is 17.1. The molecule has 0 saturated carbocycles. The Hall–Kier alpha value is -1.76. The molecule has 6 heteroatoms. The first-order chi connectivity index (χ1) is 11.7. The van der Waals surface area contributed by atoms with Crippen molar-refractivity contribution in [3.8, 4) is 10.6 Å². The molecule has 128 valence electrons. The summed E-state index contributed by atoms with van der Waals surface area (Å²) in [5.41, 5.74) is 1.61. The van der Waals surface area contributed by atoms with Crippen molar-refractivity contribution in [2.75, 3.05) is 39.9 Å².